The number of hydrogen-bond acceptors (Lipinski definition) is 5. The molecule has 0 N–H and O–H groups in total. The zero-order valence-electron chi connectivity index (χ0n) is 13.8. The molecule has 9 heteroatoms. The predicted octanol–water partition coefficient (Wildman–Crippen LogP) is 4.62. The molecular weight excluding hydrogens is 365 g/mol. The monoisotopic (exact) mass is 376 g/mol. The number of pyridine rings is 1. The molecule has 27 heavy (non-hydrogen) atoms. The minimum absolute atomic E-state index is 0.00275. The maximum absolute atomic E-state index is 13.5. The van der Waals surface area contributed by atoms with Crippen LogP contribution < -0.4 is 0 Å². The van der Waals surface area contributed by atoms with E-state index in [0.717, 1.165) is 25.3 Å². The van der Waals surface area contributed by atoms with Crippen LogP contribution in [0.25, 0.3) is 22.0 Å². The van der Waals surface area contributed by atoms with Crippen LogP contribution in [0.1, 0.15) is 16.1 Å². The number of alkyl halides is 3. The first kappa shape index (κ1) is 18.3. The van der Waals surface area contributed by atoms with E-state index in [-0.39, 0.29) is 27.7 Å². The Hall–Kier alpha value is -3.49. The lowest BCUT2D eigenvalue weighted by molar-refractivity contribution is -0.383. The third kappa shape index (κ3) is 3.31. The lowest BCUT2D eigenvalue weighted by Gasteiger charge is -2.15. The van der Waals surface area contributed by atoms with E-state index < -0.39 is 28.3 Å². The highest BCUT2D eigenvalue weighted by atomic mass is 19.4. The number of nitro groups is 1. The molecule has 0 spiro atoms. The summed E-state index contributed by atoms with van der Waals surface area (Å²) < 4.78 is 44.9. The van der Waals surface area contributed by atoms with Gasteiger partial charge in [0.05, 0.1) is 17.6 Å². The van der Waals surface area contributed by atoms with Gasteiger partial charge in [-0.1, -0.05) is 30.3 Å². The SMILES string of the molecule is COC(=O)c1cc(-c2ccccc2C(F)(F)F)c2cccc([N+](=O)[O-])c2n1. The summed E-state index contributed by atoms with van der Waals surface area (Å²) in [6, 6.07) is 9.84. The molecule has 0 amide bonds. The Labute approximate surface area is 150 Å². The van der Waals surface area contributed by atoms with E-state index in [4.69, 9.17) is 0 Å². The van der Waals surface area contributed by atoms with Gasteiger partial charge in [0.2, 0.25) is 0 Å². The van der Waals surface area contributed by atoms with E-state index in [1.54, 1.807) is 0 Å². The summed E-state index contributed by atoms with van der Waals surface area (Å²) in [5.41, 5.74) is -2.10. The molecule has 0 radical (unpaired) electrons. The fourth-order valence-corrected chi connectivity index (χ4v) is 2.78. The van der Waals surface area contributed by atoms with Crippen LogP contribution in [0.3, 0.4) is 0 Å². The molecule has 0 aliphatic heterocycles. The topological polar surface area (TPSA) is 82.3 Å². The Morgan fingerprint density at radius 3 is 2.44 bits per heavy atom. The normalized spacial score (nSPS) is 11.4. The van der Waals surface area contributed by atoms with Crippen LogP contribution in [-0.2, 0) is 10.9 Å². The van der Waals surface area contributed by atoms with E-state index in [9.17, 15) is 28.1 Å². The van der Waals surface area contributed by atoms with Gasteiger partial charge < -0.3 is 4.74 Å². The number of rotatable bonds is 3. The highest BCUT2D eigenvalue weighted by molar-refractivity contribution is 6.03. The highest BCUT2D eigenvalue weighted by Crippen LogP contribution is 2.40. The van der Waals surface area contributed by atoms with Crippen LogP contribution in [0.4, 0.5) is 18.9 Å². The Balaban J connectivity index is 2.45. The van der Waals surface area contributed by atoms with Crippen molar-refractivity contribution in [2.45, 2.75) is 6.18 Å². The van der Waals surface area contributed by atoms with Crippen molar-refractivity contribution >= 4 is 22.6 Å². The van der Waals surface area contributed by atoms with Crippen molar-refractivity contribution in [3.63, 3.8) is 0 Å². The van der Waals surface area contributed by atoms with Crippen LogP contribution in [0.15, 0.2) is 48.5 Å². The molecule has 0 unspecified atom stereocenters. The molecule has 0 saturated carbocycles. The van der Waals surface area contributed by atoms with Crippen molar-refractivity contribution in [2.24, 2.45) is 0 Å². The number of para-hydroxylation sites is 1. The molecule has 2 aromatic carbocycles. The number of esters is 1. The third-order valence-electron chi connectivity index (χ3n) is 3.93. The second kappa shape index (κ2) is 6.67. The molecule has 138 valence electrons. The minimum atomic E-state index is -4.65. The number of benzene rings is 2. The Morgan fingerprint density at radius 2 is 1.81 bits per heavy atom. The predicted molar refractivity (Wildman–Crippen MR) is 90.2 cm³/mol. The van der Waals surface area contributed by atoms with Gasteiger partial charge in [-0.05, 0) is 23.3 Å². The lowest BCUT2D eigenvalue weighted by Crippen LogP contribution is -2.09. The quantitative estimate of drug-likeness (QED) is 0.379. The number of nitrogens with zero attached hydrogens (tertiary/aromatic N) is 2. The molecule has 0 saturated heterocycles. The molecule has 0 aliphatic carbocycles. The first-order valence-corrected chi connectivity index (χ1v) is 7.57. The maximum atomic E-state index is 13.5. The van der Waals surface area contributed by atoms with Gasteiger partial charge in [-0.3, -0.25) is 10.1 Å². The summed E-state index contributed by atoms with van der Waals surface area (Å²) >= 11 is 0. The summed E-state index contributed by atoms with van der Waals surface area (Å²) in [5, 5.41) is 11.4. The number of nitro benzene ring substituents is 1. The average Bonchev–Trinajstić information content (AvgIpc) is 2.65. The smallest absolute Gasteiger partial charge is 0.417 e. The number of halogens is 3. The van der Waals surface area contributed by atoms with Gasteiger partial charge in [0.25, 0.3) is 5.69 Å². The van der Waals surface area contributed by atoms with E-state index >= 15 is 0 Å². The number of carbonyl (C=O) groups is 1. The minimum Gasteiger partial charge on any atom is -0.464 e. The number of non-ortho nitro benzene ring substituents is 1. The summed E-state index contributed by atoms with van der Waals surface area (Å²) in [5.74, 6) is -0.916. The molecule has 3 aromatic rings. The Kier molecular flexibility index (Phi) is 4.52. The molecule has 0 fully saturated rings. The molecule has 6 nitrogen and oxygen atoms in total. The molecule has 1 aromatic heterocycles. The molecule has 3 rings (SSSR count). The standard InChI is InChI=1S/C18H11F3N2O4/c1-27-17(24)14-9-12(10-5-2-3-7-13(10)18(19,20)21)11-6-4-8-15(23(25)26)16(11)22-14/h2-9H,1H3. The van der Waals surface area contributed by atoms with Gasteiger partial charge in [-0.25, -0.2) is 9.78 Å². The first-order chi connectivity index (χ1) is 12.7. The Morgan fingerprint density at radius 1 is 1.11 bits per heavy atom. The summed E-state index contributed by atoms with van der Waals surface area (Å²) in [6.07, 6.45) is -4.65. The van der Waals surface area contributed by atoms with E-state index in [0.29, 0.717) is 0 Å². The van der Waals surface area contributed by atoms with Crippen LogP contribution in [0.5, 0.6) is 0 Å². The fourth-order valence-electron chi connectivity index (χ4n) is 2.78. The van der Waals surface area contributed by atoms with Crippen LogP contribution >= 0.6 is 0 Å². The third-order valence-corrected chi connectivity index (χ3v) is 3.93. The number of carbonyl (C=O) groups excluding carboxylic acids is 1. The van der Waals surface area contributed by atoms with Gasteiger partial charge >= 0.3 is 12.1 Å². The van der Waals surface area contributed by atoms with Crippen molar-refractivity contribution in [1.29, 1.82) is 0 Å². The van der Waals surface area contributed by atoms with Gasteiger partial charge in [-0.2, -0.15) is 13.2 Å². The van der Waals surface area contributed by atoms with E-state index in [1.165, 1.54) is 30.3 Å². The fraction of sp³-hybridized carbons (Fsp3) is 0.111. The van der Waals surface area contributed by atoms with Crippen molar-refractivity contribution in [3.8, 4) is 11.1 Å². The van der Waals surface area contributed by atoms with Gasteiger partial charge in [0, 0.05) is 11.5 Å². The van der Waals surface area contributed by atoms with Gasteiger partial charge in [-0.15, -0.1) is 0 Å². The number of aromatic nitrogens is 1. The van der Waals surface area contributed by atoms with Crippen molar-refractivity contribution in [2.75, 3.05) is 7.11 Å². The zero-order chi connectivity index (χ0) is 19.8. The molecule has 0 bridgehead atoms. The average molecular weight is 376 g/mol. The first-order valence-electron chi connectivity index (χ1n) is 7.57. The zero-order valence-corrected chi connectivity index (χ0v) is 13.8. The second-order valence-electron chi connectivity index (χ2n) is 5.52. The second-order valence-corrected chi connectivity index (χ2v) is 5.52. The lowest BCUT2D eigenvalue weighted by atomic mass is 9.95. The molecule has 1 heterocycles. The van der Waals surface area contributed by atoms with Gasteiger partial charge in [0.1, 0.15) is 11.2 Å². The number of methoxy groups -OCH3 is 1. The maximum Gasteiger partial charge on any atom is 0.417 e. The highest BCUT2D eigenvalue weighted by Gasteiger charge is 2.34. The summed E-state index contributed by atoms with van der Waals surface area (Å²) in [4.78, 5) is 26.5. The largest absolute Gasteiger partial charge is 0.464 e. The van der Waals surface area contributed by atoms with Gasteiger partial charge in [0.15, 0.2) is 0 Å². The van der Waals surface area contributed by atoms with Crippen LogP contribution in [0, 0.1) is 10.1 Å². The molecule has 0 aliphatic rings. The summed E-state index contributed by atoms with van der Waals surface area (Å²) in [6.45, 7) is 0. The Bertz CT molecular complexity index is 1060. The van der Waals surface area contributed by atoms with E-state index in [2.05, 4.69) is 9.72 Å². The van der Waals surface area contributed by atoms with Crippen molar-refractivity contribution in [3.05, 3.63) is 69.9 Å². The van der Waals surface area contributed by atoms with Crippen molar-refractivity contribution < 1.29 is 27.6 Å². The molecule has 0 atom stereocenters. The van der Waals surface area contributed by atoms with Crippen molar-refractivity contribution in [1.82, 2.24) is 4.98 Å². The van der Waals surface area contributed by atoms with E-state index in [1.807, 2.05) is 0 Å². The van der Waals surface area contributed by atoms with Crippen LogP contribution in [-0.4, -0.2) is 23.0 Å². The number of fused-ring (bicyclic) bond motifs is 1. The number of ether oxygens (including phenoxy) is 1. The van der Waals surface area contributed by atoms with Crippen LogP contribution in [0.2, 0.25) is 0 Å². The summed E-state index contributed by atoms with van der Waals surface area (Å²) in [7, 11) is 1.08. The number of hydrogen-bond donors (Lipinski definition) is 0. The molecular formula is C18H11F3N2O4.